The van der Waals surface area contributed by atoms with Crippen molar-refractivity contribution in [1.82, 2.24) is 20.4 Å². The number of aliphatic hydroxyl groups excluding tert-OH is 2. The predicted molar refractivity (Wildman–Crippen MR) is 162 cm³/mol. The van der Waals surface area contributed by atoms with Gasteiger partial charge in [-0.25, -0.2) is 9.79 Å². The zero-order valence-corrected chi connectivity index (χ0v) is 24.8. The first kappa shape index (κ1) is 32.5. The van der Waals surface area contributed by atoms with Crippen LogP contribution in [-0.4, -0.2) is 99.5 Å². The second kappa shape index (κ2) is 13.9. The van der Waals surface area contributed by atoms with Gasteiger partial charge in [0.15, 0.2) is 6.19 Å². The van der Waals surface area contributed by atoms with Gasteiger partial charge in [0.25, 0.3) is 11.8 Å². The molecular weight excluding hydrogens is 615 g/mol. The number of nitrogens with two attached hydrogens (primary N) is 1. The van der Waals surface area contributed by atoms with Gasteiger partial charge in [-0.2, -0.15) is 5.26 Å². The molecule has 3 atom stereocenters. The van der Waals surface area contributed by atoms with Gasteiger partial charge in [0, 0.05) is 55.6 Å². The Bertz CT molecular complexity index is 1550. The Balaban J connectivity index is 1.50. The third-order valence-corrected chi connectivity index (χ3v) is 8.02. The highest BCUT2D eigenvalue weighted by Gasteiger charge is 2.31. The lowest BCUT2D eigenvalue weighted by atomic mass is 9.95. The number of piperidine rings is 1. The molecule has 0 spiro atoms. The van der Waals surface area contributed by atoms with Crippen molar-refractivity contribution in [2.24, 2.45) is 4.99 Å². The van der Waals surface area contributed by atoms with Gasteiger partial charge in [-0.05, 0) is 35.7 Å². The average Bonchev–Trinajstić information content (AvgIpc) is 2.97. The number of halogens is 2. The normalized spacial score (nSPS) is 18.9. The van der Waals surface area contributed by atoms with Gasteiger partial charge in [0.2, 0.25) is 5.96 Å². The number of carbonyl (C=O) groups is 3. The Labute approximate surface area is 262 Å². The first-order valence-electron chi connectivity index (χ1n) is 13.5. The highest BCUT2D eigenvalue weighted by atomic mass is 35.5. The van der Waals surface area contributed by atoms with E-state index in [-0.39, 0.29) is 60.1 Å². The maximum Gasteiger partial charge on any atom is 0.328 e. The molecule has 1 saturated heterocycles. The Morgan fingerprint density at radius 1 is 1.20 bits per heavy atom. The van der Waals surface area contributed by atoms with Crippen molar-refractivity contribution in [3.8, 4) is 6.19 Å². The summed E-state index contributed by atoms with van der Waals surface area (Å²) in [5.74, 6) is -2.62. The minimum absolute atomic E-state index is 0.0347. The van der Waals surface area contributed by atoms with E-state index >= 15 is 0 Å². The number of anilines is 1. The van der Waals surface area contributed by atoms with Crippen LogP contribution in [-0.2, 0) is 17.8 Å². The van der Waals surface area contributed by atoms with E-state index in [4.69, 9.17) is 39.6 Å². The number of guanidine groups is 1. The Morgan fingerprint density at radius 3 is 2.52 bits per heavy atom. The zero-order chi connectivity index (χ0) is 32.1. The van der Waals surface area contributed by atoms with Crippen molar-refractivity contribution in [2.75, 3.05) is 31.9 Å². The number of rotatable bonds is 7. The number of nitrogen functional groups attached to an aromatic ring is 1. The third-order valence-electron chi connectivity index (χ3n) is 7.31. The molecule has 0 aliphatic carbocycles. The number of nitrogens with one attached hydrogen (secondary N) is 3. The van der Waals surface area contributed by atoms with E-state index in [9.17, 15) is 29.7 Å². The number of β-amino-alcohol motifs (C(OH)–C–C–N with tert-alkyl or cyclic N) is 2. The molecule has 8 N–H and O–H groups in total. The molecule has 0 bridgehead atoms. The number of benzene rings is 2. The zero-order valence-electron chi connectivity index (χ0n) is 23.3. The summed E-state index contributed by atoms with van der Waals surface area (Å²) in [5.41, 5.74) is 8.17. The van der Waals surface area contributed by atoms with Crippen LogP contribution in [0.3, 0.4) is 0 Å². The fourth-order valence-electron chi connectivity index (χ4n) is 5.14. The third kappa shape index (κ3) is 7.20. The molecule has 44 heavy (non-hydrogen) atoms. The van der Waals surface area contributed by atoms with E-state index < -0.39 is 36.7 Å². The molecule has 2 amide bonds. The van der Waals surface area contributed by atoms with Gasteiger partial charge in [-0.15, -0.1) is 0 Å². The maximum absolute atomic E-state index is 13.3. The largest absolute Gasteiger partial charge is 0.480 e. The van der Waals surface area contributed by atoms with E-state index in [0.29, 0.717) is 34.4 Å². The quantitative estimate of drug-likeness (QED) is 0.0737. The fourth-order valence-corrected chi connectivity index (χ4v) is 5.90. The highest BCUT2D eigenvalue weighted by Crippen LogP contribution is 2.35. The standard InChI is InChI=1S/C28H30Cl2N8O6/c29-20-5-16-10-37(26(42)14-1-2-15(8-31)21(33)6-14)4-3-19(16)24(30)23(20)25(41)36-22(27(43)44)9-34-28(35-13-32)38-11-17(39)7-18(40)12-38/h1-2,5-6,8,17-18,22,31,39-40H,3-4,7,9-12,33H2,(H,34,35)(H,36,41)(H,43,44)/t17-,18-,22+/m1/s1. The average molecular weight is 646 g/mol. The molecule has 232 valence electrons. The van der Waals surface area contributed by atoms with Gasteiger partial charge in [0.1, 0.15) is 6.04 Å². The first-order chi connectivity index (χ1) is 20.9. The van der Waals surface area contributed by atoms with Crippen LogP contribution >= 0.6 is 23.2 Å². The number of carbonyl (C=O) groups excluding carboxylic acids is 2. The monoisotopic (exact) mass is 644 g/mol. The van der Waals surface area contributed by atoms with Crippen molar-refractivity contribution in [3.05, 3.63) is 62.1 Å². The summed E-state index contributed by atoms with van der Waals surface area (Å²) in [5, 5.41) is 50.9. The van der Waals surface area contributed by atoms with Gasteiger partial charge in [-0.1, -0.05) is 29.3 Å². The molecule has 4 rings (SSSR count). The predicted octanol–water partition coefficient (Wildman–Crippen LogP) is 0.809. The lowest BCUT2D eigenvalue weighted by Gasteiger charge is -2.34. The fraction of sp³-hybridized carbons (Fsp3) is 0.357. The smallest absolute Gasteiger partial charge is 0.328 e. The van der Waals surface area contributed by atoms with E-state index in [1.807, 2.05) is 0 Å². The number of aliphatic carboxylic acids is 1. The second-order valence-corrected chi connectivity index (χ2v) is 11.1. The lowest BCUT2D eigenvalue weighted by Crippen LogP contribution is -2.52. The maximum atomic E-state index is 13.3. The molecule has 2 heterocycles. The van der Waals surface area contributed by atoms with Crippen LogP contribution in [0.4, 0.5) is 5.69 Å². The SMILES string of the molecule is N#CNC(=NC[C@H](NC(=O)c1c(Cl)cc2c(c1Cl)CCN(C(=O)c1ccc(C=N)c(N)c1)C2)C(=O)O)N1C[C@H](O)C[C@@H](O)C1. The van der Waals surface area contributed by atoms with Crippen LogP contribution in [0.5, 0.6) is 0 Å². The number of aliphatic hydroxyl groups is 2. The number of amides is 2. The minimum atomic E-state index is -1.54. The number of carboxylic acids is 1. The van der Waals surface area contributed by atoms with Crippen molar-refractivity contribution >= 4 is 58.8 Å². The second-order valence-electron chi connectivity index (χ2n) is 10.4. The molecule has 0 unspecified atom stereocenters. The number of carboxylic acid groups (broad SMARTS) is 1. The van der Waals surface area contributed by atoms with Crippen molar-refractivity contribution in [1.29, 1.82) is 10.7 Å². The van der Waals surface area contributed by atoms with Crippen LogP contribution in [0.1, 0.15) is 43.8 Å². The van der Waals surface area contributed by atoms with E-state index in [1.165, 1.54) is 17.0 Å². The highest BCUT2D eigenvalue weighted by molar-refractivity contribution is 6.40. The summed E-state index contributed by atoms with van der Waals surface area (Å²) < 4.78 is 0. The van der Waals surface area contributed by atoms with Gasteiger partial charge >= 0.3 is 5.97 Å². The van der Waals surface area contributed by atoms with Crippen LogP contribution in [0.2, 0.25) is 10.0 Å². The summed E-state index contributed by atoms with van der Waals surface area (Å²) in [4.78, 5) is 45.5. The van der Waals surface area contributed by atoms with E-state index in [0.717, 1.165) is 6.21 Å². The Morgan fingerprint density at radius 2 is 1.91 bits per heavy atom. The molecule has 14 nitrogen and oxygen atoms in total. The number of nitrogens with zero attached hydrogens (tertiary/aromatic N) is 4. The van der Waals surface area contributed by atoms with Gasteiger partial charge < -0.3 is 41.6 Å². The molecule has 0 saturated carbocycles. The van der Waals surface area contributed by atoms with Crippen LogP contribution in [0.15, 0.2) is 29.3 Å². The first-order valence-corrected chi connectivity index (χ1v) is 14.2. The van der Waals surface area contributed by atoms with Crippen LogP contribution < -0.4 is 16.4 Å². The van der Waals surface area contributed by atoms with Crippen molar-refractivity contribution < 1.29 is 29.7 Å². The van der Waals surface area contributed by atoms with E-state index in [1.54, 1.807) is 23.2 Å². The molecule has 2 aliphatic heterocycles. The van der Waals surface area contributed by atoms with Crippen LogP contribution in [0.25, 0.3) is 0 Å². The van der Waals surface area contributed by atoms with Gasteiger partial charge in [0.05, 0.1) is 34.4 Å². The lowest BCUT2D eigenvalue weighted by molar-refractivity contribution is -0.138. The molecule has 0 aromatic heterocycles. The number of hydrogen-bond donors (Lipinski definition) is 7. The number of aliphatic imine (C=N–C) groups is 1. The molecule has 1 fully saturated rings. The molecule has 0 radical (unpaired) electrons. The van der Waals surface area contributed by atoms with Crippen LogP contribution in [0, 0.1) is 16.9 Å². The van der Waals surface area contributed by atoms with Gasteiger partial charge in [-0.3, -0.25) is 14.9 Å². The Hall–Kier alpha value is -4.42. The number of nitriles is 1. The number of likely N-dealkylation sites (tertiary alicyclic amines) is 1. The number of fused-ring (bicyclic) bond motifs is 1. The molecular formula is C28H30Cl2N8O6. The molecule has 2 aromatic carbocycles. The Kier molecular flexibility index (Phi) is 10.3. The summed E-state index contributed by atoms with van der Waals surface area (Å²) in [6, 6.07) is 4.65. The molecule has 16 heteroatoms. The summed E-state index contributed by atoms with van der Waals surface area (Å²) >= 11 is 13.1. The number of hydrogen-bond acceptors (Lipinski definition) is 9. The summed E-state index contributed by atoms with van der Waals surface area (Å²) in [6.07, 6.45) is 1.48. The van der Waals surface area contributed by atoms with Crippen molar-refractivity contribution in [3.63, 3.8) is 0 Å². The molecule has 2 aromatic rings. The topological polar surface area (TPSA) is 228 Å². The summed E-state index contributed by atoms with van der Waals surface area (Å²) in [7, 11) is 0. The molecule has 2 aliphatic rings. The summed E-state index contributed by atoms with van der Waals surface area (Å²) in [6.45, 7) is 0.0623. The van der Waals surface area contributed by atoms with E-state index in [2.05, 4.69) is 15.6 Å². The minimum Gasteiger partial charge on any atom is -0.480 e. The van der Waals surface area contributed by atoms with Crippen molar-refractivity contribution in [2.45, 2.75) is 37.6 Å².